The van der Waals surface area contributed by atoms with Crippen molar-refractivity contribution in [1.29, 1.82) is 0 Å². The number of ether oxygens (including phenoxy) is 1. The zero-order chi connectivity index (χ0) is 24.0. The Morgan fingerprint density at radius 1 is 0.882 bits per heavy atom. The molecule has 0 aliphatic carbocycles. The Balaban J connectivity index is 1.44. The van der Waals surface area contributed by atoms with Crippen LogP contribution in [0.3, 0.4) is 0 Å². The van der Waals surface area contributed by atoms with Gasteiger partial charge in [0.1, 0.15) is 0 Å². The van der Waals surface area contributed by atoms with E-state index in [0.717, 1.165) is 22.4 Å². The van der Waals surface area contributed by atoms with Crippen molar-refractivity contribution < 1.29 is 17.9 Å². The number of nitrogens with zero attached hydrogens (tertiary/aromatic N) is 2. The summed E-state index contributed by atoms with van der Waals surface area (Å²) in [6.45, 7) is 4.10. The number of aryl methyl sites for hydroxylation is 2. The number of anilines is 1. The molecule has 0 unspecified atom stereocenters. The number of amides is 1. The molecule has 4 rings (SSSR count). The lowest BCUT2D eigenvalue weighted by atomic mass is 10.1. The smallest absolute Gasteiger partial charge is 0.243 e. The van der Waals surface area contributed by atoms with E-state index in [-0.39, 0.29) is 10.8 Å². The average molecular weight is 479 g/mol. The Hall–Kier alpha value is -3.00. The number of sulfonamides is 1. The topological polar surface area (TPSA) is 66.9 Å². The lowest BCUT2D eigenvalue weighted by molar-refractivity contribution is -0.118. The van der Waals surface area contributed by atoms with Crippen LogP contribution < -0.4 is 4.90 Å². The molecule has 1 saturated heterocycles. The van der Waals surface area contributed by atoms with Gasteiger partial charge >= 0.3 is 0 Å². The summed E-state index contributed by atoms with van der Waals surface area (Å²) in [5.41, 5.74) is 4.00. The first-order valence-electron chi connectivity index (χ1n) is 11.5. The maximum Gasteiger partial charge on any atom is 0.243 e. The quantitative estimate of drug-likeness (QED) is 0.487. The SMILES string of the molecule is Cc1ccc(N(Cc2ccccc2)C(=O)CCc2ccc(S(=O)(=O)N3CCOCC3)cc2)cc1. The summed E-state index contributed by atoms with van der Waals surface area (Å²) in [6, 6.07) is 24.8. The third-order valence-corrected chi connectivity index (χ3v) is 7.90. The van der Waals surface area contributed by atoms with Crippen molar-refractivity contribution in [2.45, 2.75) is 31.2 Å². The van der Waals surface area contributed by atoms with E-state index in [2.05, 4.69) is 0 Å². The van der Waals surface area contributed by atoms with Gasteiger partial charge in [0.25, 0.3) is 0 Å². The molecule has 1 aliphatic heterocycles. The van der Waals surface area contributed by atoms with Gasteiger partial charge in [0.05, 0.1) is 24.7 Å². The summed E-state index contributed by atoms with van der Waals surface area (Å²) >= 11 is 0. The standard InChI is InChI=1S/C27H30N2O4S/c1-22-7-12-25(13-8-22)29(21-24-5-3-2-4-6-24)27(30)16-11-23-9-14-26(15-10-23)34(31,32)28-17-19-33-20-18-28/h2-10,12-15H,11,16-21H2,1H3. The zero-order valence-electron chi connectivity index (χ0n) is 19.4. The minimum atomic E-state index is -3.52. The van der Waals surface area contributed by atoms with E-state index < -0.39 is 10.0 Å². The number of rotatable bonds is 8. The van der Waals surface area contributed by atoms with Crippen molar-refractivity contribution in [3.63, 3.8) is 0 Å². The van der Waals surface area contributed by atoms with E-state index in [1.54, 1.807) is 24.3 Å². The van der Waals surface area contributed by atoms with Crippen molar-refractivity contribution in [2.24, 2.45) is 0 Å². The summed E-state index contributed by atoms with van der Waals surface area (Å²) in [5.74, 6) is 0.0257. The Morgan fingerprint density at radius 2 is 1.53 bits per heavy atom. The second kappa shape index (κ2) is 11.0. The molecule has 3 aromatic rings. The molecule has 0 atom stereocenters. The highest BCUT2D eigenvalue weighted by Crippen LogP contribution is 2.21. The monoisotopic (exact) mass is 478 g/mol. The number of morpholine rings is 1. The van der Waals surface area contributed by atoms with Crippen LogP contribution in [0, 0.1) is 6.92 Å². The molecule has 178 valence electrons. The van der Waals surface area contributed by atoms with E-state index >= 15 is 0 Å². The summed E-state index contributed by atoms with van der Waals surface area (Å²) in [5, 5.41) is 0. The lowest BCUT2D eigenvalue weighted by Crippen LogP contribution is -2.40. The predicted octanol–water partition coefficient (Wildman–Crippen LogP) is 4.18. The molecule has 1 fully saturated rings. The summed E-state index contributed by atoms with van der Waals surface area (Å²) in [4.78, 5) is 15.3. The molecule has 1 aliphatic rings. The van der Waals surface area contributed by atoms with Gasteiger partial charge in [0, 0.05) is 25.2 Å². The molecule has 7 heteroatoms. The van der Waals surface area contributed by atoms with Crippen molar-refractivity contribution in [3.8, 4) is 0 Å². The first-order valence-corrected chi connectivity index (χ1v) is 13.0. The Morgan fingerprint density at radius 3 is 2.18 bits per heavy atom. The Kier molecular flexibility index (Phi) is 7.77. The fourth-order valence-corrected chi connectivity index (χ4v) is 5.37. The first-order chi connectivity index (χ1) is 16.4. The third kappa shape index (κ3) is 5.91. The number of carbonyl (C=O) groups is 1. The van der Waals surface area contributed by atoms with E-state index in [0.29, 0.717) is 45.7 Å². The molecular formula is C27H30N2O4S. The Labute approximate surface area is 201 Å². The van der Waals surface area contributed by atoms with Gasteiger partial charge in [-0.25, -0.2) is 8.42 Å². The van der Waals surface area contributed by atoms with E-state index in [9.17, 15) is 13.2 Å². The molecule has 0 spiro atoms. The second-order valence-electron chi connectivity index (χ2n) is 8.46. The molecule has 0 N–H and O–H groups in total. The van der Waals surface area contributed by atoms with Crippen LogP contribution in [0.1, 0.15) is 23.1 Å². The number of benzene rings is 3. The summed E-state index contributed by atoms with van der Waals surface area (Å²) in [7, 11) is -3.52. The molecule has 3 aromatic carbocycles. The molecule has 0 bridgehead atoms. The maximum absolute atomic E-state index is 13.3. The van der Waals surface area contributed by atoms with Gasteiger partial charge in [-0.05, 0) is 48.7 Å². The van der Waals surface area contributed by atoms with E-state index in [4.69, 9.17) is 4.74 Å². The van der Waals surface area contributed by atoms with Crippen molar-refractivity contribution >= 4 is 21.6 Å². The van der Waals surface area contributed by atoms with Crippen LogP contribution in [0.4, 0.5) is 5.69 Å². The lowest BCUT2D eigenvalue weighted by Gasteiger charge is -2.26. The van der Waals surface area contributed by atoms with E-state index in [1.807, 2.05) is 66.4 Å². The first kappa shape index (κ1) is 24.1. The fourth-order valence-electron chi connectivity index (χ4n) is 3.96. The van der Waals surface area contributed by atoms with Gasteiger partial charge in [0.15, 0.2) is 0 Å². The molecule has 1 amide bonds. The highest BCUT2D eigenvalue weighted by atomic mass is 32.2. The summed E-state index contributed by atoms with van der Waals surface area (Å²) < 4.78 is 32.3. The second-order valence-corrected chi connectivity index (χ2v) is 10.4. The molecular weight excluding hydrogens is 448 g/mol. The number of carbonyl (C=O) groups excluding carboxylic acids is 1. The van der Waals surface area contributed by atoms with Crippen LogP contribution in [-0.4, -0.2) is 44.9 Å². The fraction of sp³-hybridized carbons (Fsp3) is 0.296. The van der Waals surface area contributed by atoms with E-state index in [1.165, 1.54) is 4.31 Å². The molecule has 34 heavy (non-hydrogen) atoms. The van der Waals surface area contributed by atoms with Gasteiger partial charge in [-0.1, -0.05) is 60.2 Å². The summed E-state index contributed by atoms with van der Waals surface area (Å²) in [6.07, 6.45) is 0.865. The largest absolute Gasteiger partial charge is 0.379 e. The highest BCUT2D eigenvalue weighted by Gasteiger charge is 2.26. The van der Waals surface area contributed by atoms with Gasteiger partial charge in [-0.2, -0.15) is 4.31 Å². The predicted molar refractivity (Wildman–Crippen MR) is 133 cm³/mol. The number of hydrogen-bond donors (Lipinski definition) is 0. The molecule has 0 saturated carbocycles. The van der Waals surface area contributed by atoms with Gasteiger partial charge < -0.3 is 9.64 Å². The van der Waals surface area contributed by atoms with Crippen molar-refractivity contribution in [2.75, 3.05) is 31.2 Å². The number of hydrogen-bond acceptors (Lipinski definition) is 4. The maximum atomic E-state index is 13.3. The minimum absolute atomic E-state index is 0.0257. The molecule has 0 radical (unpaired) electrons. The molecule has 1 heterocycles. The minimum Gasteiger partial charge on any atom is -0.379 e. The van der Waals surface area contributed by atoms with Gasteiger partial charge in [-0.3, -0.25) is 4.79 Å². The normalized spacial score (nSPS) is 14.6. The van der Waals surface area contributed by atoms with Crippen LogP contribution in [0.5, 0.6) is 0 Å². The van der Waals surface area contributed by atoms with Crippen LogP contribution in [0.25, 0.3) is 0 Å². The Bertz CT molecular complexity index is 1190. The highest BCUT2D eigenvalue weighted by molar-refractivity contribution is 7.89. The van der Waals surface area contributed by atoms with Crippen LogP contribution in [-0.2, 0) is 32.5 Å². The van der Waals surface area contributed by atoms with Crippen LogP contribution in [0.2, 0.25) is 0 Å². The molecule has 0 aromatic heterocycles. The molecule has 6 nitrogen and oxygen atoms in total. The van der Waals surface area contributed by atoms with Gasteiger partial charge in [0.2, 0.25) is 15.9 Å². The third-order valence-electron chi connectivity index (χ3n) is 5.99. The average Bonchev–Trinajstić information content (AvgIpc) is 2.88. The van der Waals surface area contributed by atoms with Crippen molar-refractivity contribution in [3.05, 3.63) is 95.6 Å². The van der Waals surface area contributed by atoms with Crippen LogP contribution >= 0.6 is 0 Å². The van der Waals surface area contributed by atoms with Crippen molar-refractivity contribution in [1.82, 2.24) is 4.31 Å². The van der Waals surface area contributed by atoms with Gasteiger partial charge in [-0.15, -0.1) is 0 Å². The zero-order valence-corrected chi connectivity index (χ0v) is 20.2. The van der Waals surface area contributed by atoms with Crippen LogP contribution in [0.15, 0.2) is 83.8 Å².